The van der Waals surface area contributed by atoms with Gasteiger partial charge in [0.05, 0.1) is 25.9 Å². The van der Waals surface area contributed by atoms with Gasteiger partial charge in [0.15, 0.2) is 0 Å². The highest BCUT2D eigenvalue weighted by atomic mass is 35.5. The van der Waals surface area contributed by atoms with E-state index in [9.17, 15) is 5.11 Å². The molecule has 1 unspecified atom stereocenters. The van der Waals surface area contributed by atoms with Crippen molar-refractivity contribution in [3.05, 3.63) is 47.0 Å². The first kappa shape index (κ1) is 15.3. The van der Waals surface area contributed by atoms with Crippen molar-refractivity contribution in [2.45, 2.75) is 13.0 Å². The highest BCUT2D eigenvalue weighted by Crippen LogP contribution is 2.34. The van der Waals surface area contributed by atoms with Crippen LogP contribution in [0.4, 0.5) is 5.69 Å². The lowest BCUT2D eigenvalue weighted by atomic mass is 10.1. The number of benzene rings is 2. The summed E-state index contributed by atoms with van der Waals surface area (Å²) >= 11 is 6.01. The van der Waals surface area contributed by atoms with Crippen LogP contribution in [0.25, 0.3) is 0 Å². The summed E-state index contributed by atoms with van der Waals surface area (Å²) in [4.78, 5) is 0. The Kier molecular flexibility index (Phi) is 4.81. The topological polar surface area (TPSA) is 50.7 Å². The zero-order valence-corrected chi connectivity index (χ0v) is 12.9. The predicted octanol–water partition coefficient (Wildman–Crippen LogP) is 4.24. The van der Waals surface area contributed by atoms with Crippen molar-refractivity contribution in [2.75, 3.05) is 19.5 Å². The minimum atomic E-state index is -0.122. The first-order valence-corrected chi connectivity index (χ1v) is 6.90. The number of ether oxygens (including phenoxy) is 2. The first-order chi connectivity index (χ1) is 10.0. The van der Waals surface area contributed by atoms with Crippen LogP contribution < -0.4 is 14.8 Å². The molecule has 0 spiro atoms. The van der Waals surface area contributed by atoms with Crippen LogP contribution >= 0.6 is 11.6 Å². The molecule has 2 aromatic rings. The molecule has 0 amide bonds. The number of methoxy groups -OCH3 is 2. The van der Waals surface area contributed by atoms with Gasteiger partial charge in [-0.05, 0) is 37.3 Å². The molecule has 4 nitrogen and oxygen atoms in total. The van der Waals surface area contributed by atoms with Gasteiger partial charge >= 0.3 is 0 Å². The molecule has 0 heterocycles. The van der Waals surface area contributed by atoms with Gasteiger partial charge in [-0.2, -0.15) is 0 Å². The Balaban J connectivity index is 2.25. The molecule has 0 aliphatic heterocycles. The Hall–Kier alpha value is -2.07. The molecule has 1 atom stereocenters. The van der Waals surface area contributed by atoms with E-state index in [0.717, 1.165) is 11.3 Å². The van der Waals surface area contributed by atoms with Crippen molar-refractivity contribution in [2.24, 2.45) is 0 Å². The van der Waals surface area contributed by atoms with Gasteiger partial charge in [-0.3, -0.25) is 0 Å². The van der Waals surface area contributed by atoms with Crippen LogP contribution in [-0.4, -0.2) is 19.3 Å². The number of halogens is 1. The number of nitrogens with one attached hydrogen (secondary N) is 1. The van der Waals surface area contributed by atoms with E-state index in [-0.39, 0.29) is 11.8 Å². The third-order valence-corrected chi connectivity index (χ3v) is 3.47. The Morgan fingerprint density at radius 3 is 2.48 bits per heavy atom. The maximum absolute atomic E-state index is 10.1. The standard InChI is InChI=1S/C16H18ClNO3/c1-10(13-6-5-12(20-2)9-15(13)19)18-14-8-11(17)4-7-16(14)21-3/h4-10,18-19H,1-3H3. The third kappa shape index (κ3) is 3.52. The van der Waals surface area contributed by atoms with Gasteiger partial charge in [0, 0.05) is 16.7 Å². The summed E-state index contributed by atoms with van der Waals surface area (Å²) in [6.07, 6.45) is 0. The lowest BCUT2D eigenvalue weighted by molar-refractivity contribution is 0.405. The zero-order chi connectivity index (χ0) is 15.4. The van der Waals surface area contributed by atoms with Gasteiger partial charge in [-0.25, -0.2) is 0 Å². The average Bonchev–Trinajstić information content (AvgIpc) is 2.47. The first-order valence-electron chi connectivity index (χ1n) is 6.52. The Labute approximate surface area is 129 Å². The van der Waals surface area contributed by atoms with Crippen LogP contribution in [0.3, 0.4) is 0 Å². The van der Waals surface area contributed by atoms with Gasteiger partial charge in [0.1, 0.15) is 17.2 Å². The fraction of sp³-hybridized carbons (Fsp3) is 0.250. The highest BCUT2D eigenvalue weighted by Gasteiger charge is 2.13. The maximum Gasteiger partial charge on any atom is 0.142 e. The van der Waals surface area contributed by atoms with E-state index in [1.807, 2.05) is 19.1 Å². The van der Waals surface area contributed by atoms with Crippen LogP contribution in [0.2, 0.25) is 5.02 Å². The third-order valence-electron chi connectivity index (χ3n) is 3.24. The monoisotopic (exact) mass is 307 g/mol. The van der Waals surface area contributed by atoms with Gasteiger partial charge in [0.25, 0.3) is 0 Å². The van der Waals surface area contributed by atoms with Crippen LogP contribution in [0.15, 0.2) is 36.4 Å². The normalized spacial score (nSPS) is 11.8. The molecule has 0 bridgehead atoms. The number of anilines is 1. The van der Waals surface area contributed by atoms with Crippen LogP contribution in [-0.2, 0) is 0 Å². The summed E-state index contributed by atoms with van der Waals surface area (Å²) in [7, 11) is 3.16. The summed E-state index contributed by atoms with van der Waals surface area (Å²) in [5.41, 5.74) is 1.53. The Morgan fingerprint density at radius 1 is 1.10 bits per heavy atom. The van der Waals surface area contributed by atoms with Crippen molar-refractivity contribution >= 4 is 17.3 Å². The summed E-state index contributed by atoms with van der Waals surface area (Å²) in [5, 5.41) is 14.0. The fourth-order valence-electron chi connectivity index (χ4n) is 2.12. The molecule has 0 radical (unpaired) electrons. The van der Waals surface area contributed by atoms with Crippen molar-refractivity contribution in [1.82, 2.24) is 0 Å². The van der Waals surface area contributed by atoms with Crippen LogP contribution in [0.5, 0.6) is 17.2 Å². The molecule has 0 fully saturated rings. The molecule has 21 heavy (non-hydrogen) atoms. The van der Waals surface area contributed by atoms with Gasteiger partial charge in [0.2, 0.25) is 0 Å². The molecular weight excluding hydrogens is 290 g/mol. The number of aromatic hydroxyl groups is 1. The molecule has 5 heteroatoms. The summed E-state index contributed by atoms with van der Waals surface area (Å²) in [6.45, 7) is 1.95. The number of rotatable bonds is 5. The lowest BCUT2D eigenvalue weighted by Gasteiger charge is -2.19. The molecule has 2 rings (SSSR count). The fourth-order valence-corrected chi connectivity index (χ4v) is 2.29. The molecule has 0 aromatic heterocycles. The second kappa shape index (κ2) is 6.59. The van der Waals surface area contributed by atoms with E-state index in [1.165, 1.54) is 0 Å². The van der Waals surface area contributed by atoms with Crippen molar-refractivity contribution < 1.29 is 14.6 Å². The van der Waals surface area contributed by atoms with Crippen LogP contribution in [0.1, 0.15) is 18.5 Å². The second-order valence-electron chi connectivity index (χ2n) is 4.64. The van der Waals surface area contributed by atoms with Crippen molar-refractivity contribution in [3.63, 3.8) is 0 Å². The lowest BCUT2D eigenvalue weighted by Crippen LogP contribution is -2.08. The molecule has 0 aliphatic carbocycles. The van der Waals surface area contributed by atoms with Crippen LogP contribution in [0, 0.1) is 0 Å². The molecule has 112 valence electrons. The minimum absolute atomic E-state index is 0.122. The van der Waals surface area contributed by atoms with Gasteiger partial charge < -0.3 is 19.9 Å². The van der Waals surface area contributed by atoms with E-state index < -0.39 is 0 Å². The Morgan fingerprint density at radius 2 is 1.86 bits per heavy atom. The van der Waals surface area contributed by atoms with E-state index in [1.54, 1.807) is 38.5 Å². The summed E-state index contributed by atoms with van der Waals surface area (Å²) in [6, 6.07) is 10.4. The van der Waals surface area contributed by atoms with Crippen molar-refractivity contribution in [3.8, 4) is 17.2 Å². The van der Waals surface area contributed by atoms with E-state index in [0.29, 0.717) is 16.5 Å². The number of phenolic OH excluding ortho intramolecular Hbond substituents is 1. The molecule has 0 saturated carbocycles. The summed E-state index contributed by atoms with van der Waals surface area (Å²) < 4.78 is 10.4. The molecule has 2 aromatic carbocycles. The SMILES string of the molecule is COc1ccc(C(C)Nc2cc(Cl)ccc2OC)c(O)c1. The quantitative estimate of drug-likeness (QED) is 0.867. The zero-order valence-electron chi connectivity index (χ0n) is 12.2. The molecule has 2 N–H and O–H groups in total. The smallest absolute Gasteiger partial charge is 0.142 e. The second-order valence-corrected chi connectivity index (χ2v) is 5.07. The number of phenols is 1. The Bertz CT molecular complexity index is 631. The average molecular weight is 308 g/mol. The minimum Gasteiger partial charge on any atom is -0.507 e. The number of hydrogen-bond acceptors (Lipinski definition) is 4. The predicted molar refractivity (Wildman–Crippen MR) is 84.7 cm³/mol. The van der Waals surface area contributed by atoms with Gasteiger partial charge in [-0.15, -0.1) is 0 Å². The highest BCUT2D eigenvalue weighted by molar-refractivity contribution is 6.30. The van der Waals surface area contributed by atoms with Gasteiger partial charge in [-0.1, -0.05) is 11.6 Å². The molecular formula is C16H18ClNO3. The van der Waals surface area contributed by atoms with Crippen molar-refractivity contribution in [1.29, 1.82) is 0 Å². The maximum atomic E-state index is 10.1. The van der Waals surface area contributed by atoms with E-state index in [2.05, 4.69) is 5.32 Å². The number of hydrogen-bond donors (Lipinski definition) is 2. The summed E-state index contributed by atoms with van der Waals surface area (Å²) in [5.74, 6) is 1.48. The molecule has 0 aliphatic rings. The van der Waals surface area contributed by atoms with E-state index >= 15 is 0 Å². The van der Waals surface area contributed by atoms with E-state index in [4.69, 9.17) is 21.1 Å². The molecule has 0 saturated heterocycles. The largest absolute Gasteiger partial charge is 0.507 e.